The van der Waals surface area contributed by atoms with E-state index in [9.17, 15) is 9.00 Å². The summed E-state index contributed by atoms with van der Waals surface area (Å²) in [5.74, 6) is 0.674. The van der Waals surface area contributed by atoms with E-state index < -0.39 is 11.1 Å². The van der Waals surface area contributed by atoms with Gasteiger partial charge in [-0.1, -0.05) is 37.6 Å². The lowest BCUT2D eigenvalue weighted by molar-refractivity contribution is 0.0760. The molecule has 2 heterocycles. The zero-order chi connectivity index (χ0) is 22.5. The number of carbonyl (C=O) groups is 1. The second-order valence-electron chi connectivity index (χ2n) is 7.91. The van der Waals surface area contributed by atoms with E-state index in [2.05, 4.69) is 5.10 Å². The minimum absolute atomic E-state index is 0.0484. The minimum Gasteiger partial charge on any atom is -0.490 e. The third-order valence-corrected chi connectivity index (χ3v) is 6.16. The molecule has 2 aromatic carbocycles. The highest BCUT2D eigenvalue weighted by Gasteiger charge is 2.31. The van der Waals surface area contributed by atoms with Crippen molar-refractivity contribution in [3.63, 3.8) is 0 Å². The average Bonchev–Trinajstić information content (AvgIpc) is 3.42. The number of rotatable bonds is 10. The van der Waals surface area contributed by atoms with Crippen LogP contribution < -0.4 is 4.74 Å². The van der Waals surface area contributed by atoms with E-state index in [1.54, 1.807) is 10.9 Å². The summed E-state index contributed by atoms with van der Waals surface area (Å²) in [4.78, 5) is 15.0. The number of nitrogens with zero attached hydrogens (tertiary/aromatic N) is 3. The van der Waals surface area contributed by atoms with Crippen LogP contribution in [0.4, 0.5) is 0 Å². The molecular weight excluding hydrogens is 426 g/mol. The van der Waals surface area contributed by atoms with Gasteiger partial charge in [0.1, 0.15) is 5.75 Å². The Morgan fingerprint density at radius 2 is 1.97 bits per heavy atom. The van der Waals surface area contributed by atoms with E-state index in [1.165, 1.54) is 0 Å². The highest BCUT2D eigenvalue weighted by Crippen LogP contribution is 2.33. The predicted molar refractivity (Wildman–Crippen MR) is 123 cm³/mol. The molecule has 3 aromatic rings. The lowest BCUT2D eigenvalue weighted by atomic mass is 10.1. The van der Waals surface area contributed by atoms with E-state index in [-0.39, 0.29) is 17.8 Å². The maximum Gasteiger partial charge on any atom is 0.258 e. The summed E-state index contributed by atoms with van der Waals surface area (Å²) in [6.45, 7) is 3.09. The van der Waals surface area contributed by atoms with E-state index in [0.29, 0.717) is 30.8 Å². The highest BCUT2D eigenvalue weighted by atomic mass is 32.2. The number of carbonyl (C=O) groups excluding carboxylic acids is 1. The molecule has 32 heavy (non-hydrogen) atoms. The molecule has 1 aromatic heterocycles. The van der Waals surface area contributed by atoms with E-state index in [4.69, 9.17) is 9.29 Å². The SMILES string of the molecule is CCCC(CCS(=O)O)Oc1cccc2c1C(=O)N(Cc1ccc(-n3cccn3)cc1)C2. The normalized spacial score (nSPS) is 14.9. The number of hydrogen-bond acceptors (Lipinski definition) is 4. The summed E-state index contributed by atoms with van der Waals surface area (Å²) < 4.78 is 28.2. The molecule has 0 spiro atoms. The van der Waals surface area contributed by atoms with Gasteiger partial charge in [-0.2, -0.15) is 5.10 Å². The Kier molecular flexibility index (Phi) is 7.02. The minimum atomic E-state index is -1.85. The molecule has 0 saturated heterocycles. The number of fused-ring (bicyclic) bond motifs is 1. The van der Waals surface area contributed by atoms with Gasteiger partial charge in [-0.3, -0.25) is 4.79 Å². The molecule has 0 saturated carbocycles. The fraction of sp³-hybridized carbons (Fsp3) is 0.333. The maximum atomic E-state index is 13.2. The van der Waals surface area contributed by atoms with Crippen molar-refractivity contribution in [2.45, 2.75) is 45.4 Å². The van der Waals surface area contributed by atoms with Crippen LogP contribution in [-0.4, -0.2) is 41.2 Å². The van der Waals surface area contributed by atoms with Crippen molar-refractivity contribution in [3.05, 3.63) is 77.6 Å². The molecule has 1 amide bonds. The smallest absolute Gasteiger partial charge is 0.258 e. The van der Waals surface area contributed by atoms with E-state index in [0.717, 1.165) is 29.7 Å². The first-order valence-corrected chi connectivity index (χ1v) is 12.1. The lowest BCUT2D eigenvalue weighted by Gasteiger charge is -2.20. The van der Waals surface area contributed by atoms with Gasteiger partial charge in [-0.05, 0) is 48.2 Å². The van der Waals surface area contributed by atoms with E-state index >= 15 is 0 Å². The molecular formula is C24H27N3O4S. The van der Waals surface area contributed by atoms with Crippen LogP contribution in [0.1, 0.15) is 47.7 Å². The maximum absolute atomic E-state index is 13.2. The van der Waals surface area contributed by atoms with Crippen molar-refractivity contribution in [1.82, 2.24) is 14.7 Å². The monoisotopic (exact) mass is 453 g/mol. The quantitative estimate of drug-likeness (QED) is 0.466. The van der Waals surface area contributed by atoms with Gasteiger partial charge in [-0.25, -0.2) is 8.89 Å². The molecule has 0 aliphatic carbocycles. The van der Waals surface area contributed by atoms with Gasteiger partial charge < -0.3 is 14.2 Å². The number of benzene rings is 2. The van der Waals surface area contributed by atoms with Gasteiger partial charge in [0.25, 0.3) is 5.91 Å². The Morgan fingerprint density at radius 1 is 1.16 bits per heavy atom. The molecule has 2 unspecified atom stereocenters. The molecule has 1 aliphatic heterocycles. The van der Waals surface area contributed by atoms with Crippen LogP contribution in [0, 0.1) is 0 Å². The van der Waals surface area contributed by atoms with E-state index in [1.807, 2.05) is 66.6 Å². The molecule has 0 fully saturated rings. The number of amides is 1. The van der Waals surface area contributed by atoms with Gasteiger partial charge in [0, 0.05) is 25.5 Å². The topological polar surface area (TPSA) is 84.7 Å². The Bertz CT molecular complexity index is 1080. The number of ether oxygens (including phenoxy) is 1. The lowest BCUT2D eigenvalue weighted by Crippen LogP contribution is -2.24. The Labute approximate surface area is 190 Å². The van der Waals surface area contributed by atoms with Gasteiger partial charge >= 0.3 is 0 Å². The molecule has 8 heteroatoms. The predicted octanol–water partition coefficient (Wildman–Crippen LogP) is 4.19. The summed E-state index contributed by atoms with van der Waals surface area (Å²) in [5.41, 5.74) is 3.56. The third-order valence-electron chi connectivity index (χ3n) is 5.57. The van der Waals surface area contributed by atoms with Crippen molar-refractivity contribution >= 4 is 17.0 Å². The van der Waals surface area contributed by atoms with Gasteiger partial charge in [-0.15, -0.1) is 0 Å². The third kappa shape index (κ3) is 5.08. The number of aromatic nitrogens is 2. The molecule has 2 atom stereocenters. The van der Waals surface area contributed by atoms with Crippen molar-refractivity contribution in [1.29, 1.82) is 0 Å². The zero-order valence-corrected chi connectivity index (χ0v) is 18.8. The van der Waals surface area contributed by atoms with Crippen molar-refractivity contribution in [3.8, 4) is 11.4 Å². The van der Waals surface area contributed by atoms with Crippen LogP contribution in [0.15, 0.2) is 60.9 Å². The molecule has 0 radical (unpaired) electrons. The molecule has 1 aliphatic rings. The average molecular weight is 454 g/mol. The molecule has 168 valence electrons. The molecule has 4 rings (SSSR count). The van der Waals surface area contributed by atoms with Crippen molar-refractivity contribution in [2.75, 3.05) is 5.75 Å². The zero-order valence-electron chi connectivity index (χ0n) is 18.0. The summed E-state index contributed by atoms with van der Waals surface area (Å²) in [5, 5.41) is 4.24. The standard InChI is InChI=1S/C24H27N3O4S/c1-2-5-21(12-15-32(29)30)31-22-7-3-6-19-17-26(24(28)23(19)22)16-18-8-10-20(11-9-18)27-14-4-13-25-27/h3-4,6-11,13-14,21H,2,5,12,15-17H2,1H3,(H,29,30). The van der Waals surface area contributed by atoms with Gasteiger partial charge in [0.2, 0.25) is 0 Å². The Morgan fingerprint density at radius 3 is 2.66 bits per heavy atom. The van der Waals surface area contributed by atoms with Crippen molar-refractivity contribution < 1.29 is 18.3 Å². The summed E-state index contributed by atoms with van der Waals surface area (Å²) in [6, 6.07) is 15.6. The van der Waals surface area contributed by atoms with Crippen molar-refractivity contribution in [2.24, 2.45) is 0 Å². The van der Waals surface area contributed by atoms with Crippen LogP contribution in [0.5, 0.6) is 5.75 Å². The summed E-state index contributed by atoms with van der Waals surface area (Å²) in [6.07, 6.45) is 5.57. The summed E-state index contributed by atoms with van der Waals surface area (Å²) >= 11 is -1.85. The van der Waals surface area contributed by atoms with Gasteiger partial charge in [0.15, 0.2) is 11.1 Å². The first-order chi connectivity index (χ1) is 15.5. The fourth-order valence-electron chi connectivity index (χ4n) is 4.00. The second-order valence-corrected chi connectivity index (χ2v) is 8.96. The van der Waals surface area contributed by atoms with Gasteiger partial charge in [0.05, 0.1) is 23.1 Å². The molecule has 7 nitrogen and oxygen atoms in total. The fourth-order valence-corrected chi connectivity index (χ4v) is 4.47. The van der Waals surface area contributed by atoms with Crippen LogP contribution in [-0.2, 0) is 24.2 Å². The Hall–Kier alpha value is -2.97. The molecule has 0 bridgehead atoms. The van der Waals surface area contributed by atoms with Crippen LogP contribution in [0.25, 0.3) is 5.69 Å². The largest absolute Gasteiger partial charge is 0.490 e. The van der Waals surface area contributed by atoms with Crippen LogP contribution in [0.3, 0.4) is 0 Å². The summed E-state index contributed by atoms with van der Waals surface area (Å²) in [7, 11) is 0. The first-order valence-electron chi connectivity index (χ1n) is 10.8. The second kappa shape index (κ2) is 10.1. The Balaban J connectivity index is 1.47. The first kappa shape index (κ1) is 22.2. The number of hydrogen-bond donors (Lipinski definition) is 1. The highest BCUT2D eigenvalue weighted by molar-refractivity contribution is 7.79. The molecule has 1 N–H and O–H groups in total. The van der Waals surface area contributed by atoms with Crippen LogP contribution in [0.2, 0.25) is 0 Å². The van der Waals surface area contributed by atoms with Crippen LogP contribution >= 0.6 is 0 Å².